The quantitative estimate of drug-likeness (QED) is 0.258. The predicted octanol–water partition coefficient (Wildman–Crippen LogP) is 6.37. The van der Waals surface area contributed by atoms with E-state index in [2.05, 4.69) is 57.1 Å². The summed E-state index contributed by atoms with van der Waals surface area (Å²) in [6, 6.07) is 11.7. The zero-order valence-electron chi connectivity index (χ0n) is 19.5. The van der Waals surface area contributed by atoms with Gasteiger partial charge in [-0.1, -0.05) is 75.3 Å². The summed E-state index contributed by atoms with van der Waals surface area (Å²) < 4.78 is 0. The molecule has 0 saturated carbocycles. The van der Waals surface area contributed by atoms with Crippen molar-refractivity contribution in [3.8, 4) is 0 Å². The number of carbonyl (C=O) groups is 1. The van der Waals surface area contributed by atoms with Gasteiger partial charge in [-0.15, -0.1) is 0 Å². The van der Waals surface area contributed by atoms with E-state index in [0.717, 1.165) is 16.7 Å². The highest BCUT2D eigenvalue weighted by Gasteiger charge is 2.34. The fourth-order valence-electron chi connectivity index (χ4n) is 4.84. The third kappa shape index (κ3) is 3.68. The smallest absolute Gasteiger partial charge is 0.166 e. The minimum atomic E-state index is -0.122. The van der Waals surface area contributed by atoms with Gasteiger partial charge in [-0.25, -0.2) is 0 Å². The molecule has 0 aliphatic heterocycles. The van der Waals surface area contributed by atoms with Crippen LogP contribution in [-0.2, 0) is 15.6 Å². The second-order valence-electron chi connectivity index (χ2n) is 10.1. The maximum atomic E-state index is 12.3. The van der Waals surface area contributed by atoms with E-state index in [0.29, 0.717) is 36.1 Å². The number of ketones is 1. The van der Waals surface area contributed by atoms with Crippen molar-refractivity contribution in [3.05, 3.63) is 87.7 Å². The van der Waals surface area contributed by atoms with Gasteiger partial charge in [-0.2, -0.15) is 0 Å². The van der Waals surface area contributed by atoms with Gasteiger partial charge >= 0.3 is 0 Å². The maximum Gasteiger partial charge on any atom is 0.166 e. The molecule has 32 heavy (non-hydrogen) atoms. The van der Waals surface area contributed by atoms with Crippen LogP contribution < -0.4 is 0 Å². The van der Waals surface area contributed by atoms with E-state index < -0.39 is 0 Å². The normalized spacial score (nSPS) is 19.8. The first-order valence-electron chi connectivity index (χ1n) is 11.2. The molecule has 2 aliphatic carbocycles. The average molecular weight is 430 g/mol. The van der Waals surface area contributed by atoms with Gasteiger partial charge in [0.25, 0.3) is 0 Å². The van der Waals surface area contributed by atoms with Crippen LogP contribution >= 0.6 is 0 Å². The molecule has 2 aromatic carbocycles. The van der Waals surface area contributed by atoms with E-state index in [1.807, 2.05) is 31.2 Å². The Morgan fingerprint density at radius 1 is 0.938 bits per heavy atom. The van der Waals surface area contributed by atoms with Crippen molar-refractivity contribution in [2.24, 2.45) is 5.16 Å². The number of aliphatic hydroxyl groups excluding tert-OH is 1. The standard InChI is InChI=1S/C28H31NO3/c1-17-15-21-22(28(4,5)14-13-27(21,2)3)16-20(17)26(29-32)19-11-9-18(10-12-19)25-23(30)7-6-8-24(25)31/h9-16,30,32H,6-8H2,1-5H3/b29-26-. The molecule has 4 nitrogen and oxygen atoms in total. The number of carbonyl (C=O) groups excluding carboxylic acids is 1. The van der Waals surface area contributed by atoms with Crippen molar-refractivity contribution >= 4 is 17.1 Å². The molecule has 0 spiro atoms. The van der Waals surface area contributed by atoms with E-state index in [9.17, 15) is 15.1 Å². The lowest BCUT2D eigenvalue weighted by Crippen LogP contribution is -2.29. The summed E-state index contributed by atoms with van der Waals surface area (Å²) in [7, 11) is 0. The summed E-state index contributed by atoms with van der Waals surface area (Å²) in [4.78, 5) is 12.3. The monoisotopic (exact) mass is 429 g/mol. The number of fused-ring (bicyclic) bond motifs is 1. The van der Waals surface area contributed by atoms with Gasteiger partial charge in [-0.05, 0) is 41.7 Å². The number of rotatable bonds is 3. The number of Topliss-reactive ketones (excluding diaryl/α,β-unsaturated/α-hetero) is 1. The number of hydrogen-bond acceptors (Lipinski definition) is 4. The summed E-state index contributed by atoms with van der Waals surface area (Å²) in [5.41, 5.74) is 6.62. The Balaban J connectivity index is 1.77. The largest absolute Gasteiger partial charge is 0.512 e. The molecule has 0 unspecified atom stereocenters. The molecule has 0 bridgehead atoms. The molecule has 166 valence electrons. The van der Waals surface area contributed by atoms with Gasteiger partial charge in [0.2, 0.25) is 0 Å². The molecule has 2 aliphatic rings. The molecule has 4 heteroatoms. The van der Waals surface area contributed by atoms with Crippen molar-refractivity contribution in [2.45, 2.75) is 64.7 Å². The molecule has 2 N–H and O–H groups in total. The summed E-state index contributed by atoms with van der Waals surface area (Å²) in [6.07, 6.45) is 6.19. The Labute approximate surface area is 190 Å². The zero-order valence-corrected chi connectivity index (χ0v) is 19.5. The van der Waals surface area contributed by atoms with Crippen LogP contribution in [0.2, 0.25) is 0 Å². The third-order valence-electron chi connectivity index (χ3n) is 6.86. The van der Waals surface area contributed by atoms with Gasteiger partial charge in [0.05, 0.1) is 5.57 Å². The fourth-order valence-corrected chi connectivity index (χ4v) is 4.84. The number of aliphatic hydroxyl groups is 1. The van der Waals surface area contributed by atoms with Crippen LogP contribution in [0.3, 0.4) is 0 Å². The Kier molecular flexibility index (Phi) is 5.36. The van der Waals surface area contributed by atoms with E-state index in [1.54, 1.807) is 0 Å². The summed E-state index contributed by atoms with van der Waals surface area (Å²) in [5.74, 6) is 0.134. The Hall–Kier alpha value is -3.14. The molecule has 0 radical (unpaired) electrons. The minimum absolute atomic E-state index is 0.0269. The lowest BCUT2D eigenvalue weighted by molar-refractivity contribution is -0.114. The van der Waals surface area contributed by atoms with E-state index in [-0.39, 0.29) is 22.4 Å². The van der Waals surface area contributed by atoms with E-state index in [4.69, 9.17) is 0 Å². The van der Waals surface area contributed by atoms with Crippen LogP contribution in [0.4, 0.5) is 0 Å². The van der Waals surface area contributed by atoms with Crippen molar-refractivity contribution in [1.82, 2.24) is 0 Å². The number of aryl methyl sites for hydroxylation is 1. The first-order valence-corrected chi connectivity index (χ1v) is 11.2. The molecular formula is C28H31NO3. The molecule has 0 heterocycles. The van der Waals surface area contributed by atoms with Crippen LogP contribution in [0.25, 0.3) is 5.57 Å². The van der Waals surface area contributed by atoms with Crippen molar-refractivity contribution in [2.75, 3.05) is 0 Å². The predicted molar refractivity (Wildman–Crippen MR) is 129 cm³/mol. The molecule has 4 rings (SSSR count). The van der Waals surface area contributed by atoms with Crippen LogP contribution in [0.5, 0.6) is 0 Å². The summed E-state index contributed by atoms with van der Waals surface area (Å²) in [5, 5.41) is 23.9. The lowest BCUT2D eigenvalue weighted by atomic mass is 9.67. The molecule has 0 amide bonds. The molecule has 0 fully saturated rings. The van der Waals surface area contributed by atoms with Crippen LogP contribution in [0, 0.1) is 6.92 Å². The van der Waals surface area contributed by atoms with Gasteiger partial charge in [0.1, 0.15) is 11.5 Å². The number of hydrogen-bond donors (Lipinski definition) is 2. The second kappa shape index (κ2) is 7.77. The number of allylic oxidation sites excluding steroid dienone is 4. The highest BCUT2D eigenvalue weighted by atomic mass is 16.4. The molecule has 0 saturated heterocycles. The van der Waals surface area contributed by atoms with Crippen molar-refractivity contribution in [1.29, 1.82) is 0 Å². The average Bonchev–Trinajstić information content (AvgIpc) is 2.74. The molecular weight excluding hydrogens is 398 g/mol. The summed E-state index contributed by atoms with van der Waals surface area (Å²) >= 11 is 0. The third-order valence-corrected chi connectivity index (χ3v) is 6.86. The second-order valence-corrected chi connectivity index (χ2v) is 10.1. The highest BCUT2D eigenvalue weighted by molar-refractivity contribution is 6.22. The van der Waals surface area contributed by atoms with Crippen LogP contribution in [0.15, 0.2) is 59.5 Å². The number of oxime groups is 1. The van der Waals surface area contributed by atoms with E-state index >= 15 is 0 Å². The van der Waals surface area contributed by atoms with Crippen molar-refractivity contribution < 1.29 is 15.1 Å². The zero-order chi connectivity index (χ0) is 23.3. The Bertz CT molecular complexity index is 1180. The van der Waals surface area contributed by atoms with Gasteiger partial charge in [-0.3, -0.25) is 4.79 Å². The van der Waals surface area contributed by atoms with Gasteiger partial charge in [0.15, 0.2) is 5.78 Å². The summed E-state index contributed by atoms with van der Waals surface area (Å²) in [6.45, 7) is 10.9. The van der Waals surface area contributed by atoms with Crippen LogP contribution in [0.1, 0.15) is 80.3 Å². The van der Waals surface area contributed by atoms with Crippen molar-refractivity contribution in [3.63, 3.8) is 0 Å². The maximum absolute atomic E-state index is 12.3. The van der Waals surface area contributed by atoms with Gasteiger partial charge in [0, 0.05) is 34.8 Å². The Morgan fingerprint density at radius 3 is 2.09 bits per heavy atom. The first-order chi connectivity index (χ1) is 15.0. The fraction of sp³-hybridized carbons (Fsp3) is 0.357. The minimum Gasteiger partial charge on any atom is -0.512 e. The lowest BCUT2D eigenvalue weighted by Gasteiger charge is -2.37. The molecule has 0 atom stereocenters. The molecule has 2 aromatic rings. The topological polar surface area (TPSA) is 69.9 Å². The van der Waals surface area contributed by atoms with Gasteiger partial charge < -0.3 is 10.3 Å². The molecule has 0 aromatic heterocycles. The highest BCUT2D eigenvalue weighted by Crippen LogP contribution is 2.42. The number of nitrogens with zero attached hydrogens (tertiary/aromatic N) is 1. The number of benzene rings is 2. The SMILES string of the molecule is Cc1cc2c(cc1/C(=N\O)c1ccc(C3=C(O)CCCC3=O)cc1)C(C)(C)C=CC2(C)C. The van der Waals surface area contributed by atoms with Crippen LogP contribution in [-0.4, -0.2) is 21.8 Å². The Morgan fingerprint density at radius 2 is 1.53 bits per heavy atom. The van der Waals surface area contributed by atoms with E-state index in [1.165, 1.54) is 11.1 Å². The first kappa shape index (κ1) is 22.1.